The van der Waals surface area contributed by atoms with Crippen LogP contribution in [0.15, 0.2) is 0 Å². The maximum absolute atomic E-state index is 11.7. The predicted octanol–water partition coefficient (Wildman–Crippen LogP) is 0.850. The number of hydrogen-bond acceptors (Lipinski definition) is 3. The zero-order valence-electron chi connectivity index (χ0n) is 11.2. The second-order valence-corrected chi connectivity index (χ2v) is 4.84. The summed E-state index contributed by atoms with van der Waals surface area (Å²) in [6, 6.07) is 0.430. The molecule has 2 N–H and O–H groups in total. The second kappa shape index (κ2) is 7.63. The zero-order valence-corrected chi connectivity index (χ0v) is 11.2. The highest BCUT2D eigenvalue weighted by Gasteiger charge is 2.16. The van der Waals surface area contributed by atoms with Crippen LogP contribution in [0, 0.1) is 5.92 Å². The van der Waals surface area contributed by atoms with Gasteiger partial charge in [0.15, 0.2) is 0 Å². The Morgan fingerprint density at radius 2 is 1.88 bits per heavy atom. The van der Waals surface area contributed by atoms with Crippen LogP contribution in [0.25, 0.3) is 0 Å². The van der Waals surface area contributed by atoms with Crippen LogP contribution in [0.4, 0.5) is 0 Å². The van der Waals surface area contributed by atoms with Gasteiger partial charge in [-0.15, -0.1) is 0 Å². The topological polar surface area (TPSA) is 52.6 Å². The van der Waals surface area contributed by atoms with Crippen molar-refractivity contribution in [1.29, 1.82) is 0 Å². The Bertz CT molecular complexity index is 205. The number of nitrogens with zero attached hydrogens (tertiary/aromatic N) is 1. The van der Waals surface area contributed by atoms with Gasteiger partial charge in [-0.3, -0.25) is 4.79 Å². The maximum atomic E-state index is 11.7. The number of nitrogens with one attached hydrogen (secondary N) is 1. The van der Waals surface area contributed by atoms with Crippen LogP contribution in [-0.2, 0) is 4.79 Å². The Kier molecular flexibility index (Phi) is 7.34. The lowest BCUT2D eigenvalue weighted by atomic mass is 10.0. The molecule has 0 spiro atoms. The molecule has 4 nitrogen and oxygen atoms in total. The van der Waals surface area contributed by atoms with E-state index < -0.39 is 0 Å². The molecule has 0 radical (unpaired) electrons. The molecule has 4 heteroatoms. The van der Waals surface area contributed by atoms with Crippen molar-refractivity contribution in [3.8, 4) is 0 Å². The Morgan fingerprint density at radius 1 is 1.31 bits per heavy atom. The molecule has 96 valence electrons. The van der Waals surface area contributed by atoms with E-state index in [0.29, 0.717) is 18.9 Å². The van der Waals surface area contributed by atoms with Crippen molar-refractivity contribution in [1.82, 2.24) is 10.2 Å². The molecule has 0 aromatic carbocycles. The van der Waals surface area contributed by atoms with Gasteiger partial charge < -0.3 is 15.3 Å². The van der Waals surface area contributed by atoms with Gasteiger partial charge in [0.1, 0.15) is 0 Å². The van der Waals surface area contributed by atoms with Gasteiger partial charge in [-0.2, -0.15) is 0 Å². The monoisotopic (exact) mass is 230 g/mol. The average Bonchev–Trinajstić information content (AvgIpc) is 2.21. The molecule has 1 amide bonds. The minimum absolute atomic E-state index is 0.0959. The Morgan fingerprint density at radius 3 is 2.25 bits per heavy atom. The summed E-state index contributed by atoms with van der Waals surface area (Å²) in [5, 5.41) is 12.1. The Balaban J connectivity index is 4.05. The summed E-state index contributed by atoms with van der Waals surface area (Å²) in [4.78, 5) is 13.4. The van der Waals surface area contributed by atoms with Crippen molar-refractivity contribution in [3.63, 3.8) is 0 Å². The highest BCUT2D eigenvalue weighted by molar-refractivity contribution is 5.78. The van der Waals surface area contributed by atoms with E-state index >= 15 is 0 Å². The van der Waals surface area contributed by atoms with E-state index in [-0.39, 0.29) is 24.6 Å². The molecule has 0 fully saturated rings. The van der Waals surface area contributed by atoms with Crippen molar-refractivity contribution < 1.29 is 9.90 Å². The largest absolute Gasteiger partial charge is 0.396 e. The molecular formula is C12H26N2O2. The normalized spacial score (nSPS) is 13.2. The number of likely N-dealkylation sites (N-methyl/N-ethyl adjacent to an activating group) is 1. The van der Waals surface area contributed by atoms with Gasteiger partial charge in [0.25, 0.3) is 0 Å². The van der Waals surface area contributed by atoms with Crippen LogP contribution in [0.3, 0.4) is 0 Å². The lowest BCUT2D eigenvalue weighted by Gasteiger charge is -2.25. The fourth-order valence-corrected chi connectivity index (χ4v) is 1.44. The lowest BCUT2D eigenvalue weighted by Crippen LogP contribution is -2.44. The van der Waals surface area contributed by atoms with Gasteiger partial charge in [0.05, 0.1) is 6.54 Å². The van der Waals surface area contributed by atoms with Crippen LogP contribution in [0.2, 0.25) is 0 Å². The lowest BCUT2D eigenvalue weighted by molar-refractivity contribution is -0.130. The van der Waals surface area contributed by atoms with Gasteiger partial charge in [0.2, 0.25) is 5.91 Å². The quantitative estimate of drug-likeness (QED) is 0.682. The van der Waals surface area contributed by atoms with E-state index in [1.165, 1.54) is 0 Å². The van der Waals surface area contributed by atoms with Gasteiger partial charge >= 0.3 is 0 Å². The van der Waals surface area contributed by atoms with E-state index in [2.05, 4.69) is 19.2 Å². The molecular weight excluding hydrogens is 204 g/mol. The van der Waals surface area contributed by atoms with Gasteiger partial charge in [-0.25, -0.2) is 0 Å². The minimum atomic E-state index is 0.0959. The SMILES string of the molecule is CC(C)C(CCO)NCC(=O)N(C)C(C)C. The van der Waals surface area contributed by atoms with Crippen LogP contribution in [-0.4, -0.2) is 48.2 Å². The van der Waals surface area contributed by atoms with E-state index in [4.69, 9.17) is 5.11 Å². The zero-order chi connectivity index (χ0) is 12.7. The molecule has 0 aromatic rings. The molecule has 0 aliphatic rings. The standard InChI is InChI=1S/C12H26N2O2/c1-9(2)11(6-7-15)13-8-12(16)14(5)10(3)4/h9-11,13,15H,6-8H2,1-5H3. The first-order chi connectivity index (χ1) is 7.40. The first-order valence-electron chi connectivity index (χ1n) is 6.00. The molecule has 0 heterocycles. The van der Waals surface area contributed by atoms with Crippen LogP contribution in [0.1, 0.15) is 34.1 Å². The average molecular weight is 230 g/mol. The third-order valence-electron chi connectivity index (χ3n) is 2.93. The third-order valence-corrected chi connectivity index (χ3v) is 2.93. The van der Waals surface area contributed by atoms with Crippen molar-refractivity contribution in [2.24, 2.45) is 5.92 Å². The van der Waals surface area contributed by atoms with Crippen molar-refractivity contribution >= 4 is 5.91 Å². The predicted molar refractivity (Wildman–Crippen MR) is 66.2 cm³/mol. The number of rotatable bonds is 7. The molecule has 0 aliphatic carbocycles. The van der Waals surface area contributed by atoms with Gasteiger partial charge in [-0.05, 0) is 26.2 Å². The molecule has 0 aliphatic heterocycles. The number of carbonyl (C=O) groups excluding carboxylic acids is 1. The fourth-order valence-electron chi connectivity index (χ4n) is 1.44. The van der Waals surface area contributed by atoms with Crippen molar-refractivity contribution in [3.05, 3.63) is 0 Å². The molecule has 16 heavy (non-hydrogen) atoms. The fraction of sp³-hybridized carbons (Fsp3) is 0.917. The molecule has 0 bridgehead atoms. The van der Waals surface area contributed by atoms with E-state index in [0.717, 1.165) is 0 Å². The minimum Gasteiger partial charge on any atom is -0.396 e. The number of amides is 1. The molecule has 0 saturated heterocycles. The van der Waals surface area contributed by atoms with Crippen LogP contribution >= 0.6 is 0 Å². The Hall–Kier alpha value is -0.610. The summed E-state index contributed by atoms with van der Waals surface area (Å²) in [6.45, 7) is 8.66. The number of aliphatic hydroxyl groups excluding tert-OH is 1. The third kappa shape index (κ3) is 5.47. The second-order valence-electron chi connectivity index (χ2n) is 4.84. The van der Waals surface area contributed by atoms with Crippen molar-refractivity contribution in [2.75, 3.05) is 20.2 Å². The number of hydrogen-bond donors (Lipinski definition) is 2. The summed E-state index contributed by atoms with van der Waals surface area (Å²) >= 11 is 0. The highest BCUT2D eigenvalue weighted by Crippen LogP contribution is 2.05. The Labute approximate surface area is 99.0 Å². The first-order valence-corrected chi connectivity index (χ1v) is 6.00. The molecule has 1 atom stereocenters. The molecule has 1 unspecified atom stereocenters. The summed E-state index contributed by atoms with van der Waals surface area (Å²) in [6.07, 6.45) is 0.691. The summed E-state index contributed by atoms with van der Waals surface area (Å²) in [7, 11) is 1.81. The van der Waals surface area contributed by atoms with E-state index in [9.17, 15) is 4.79 Å². The smallest absolute Gasteiger partial charge is 0.236 e. The van der Waals surface area contributed by atoms with Gasteiger partial charge in [-0.1, -0.05) is 13.8 Å². The first kappa shape index (κ1) is 15.4. The van der Waals surface area contributed by atoms with Crippen molar-refractivity contribution in [2.45, 2.75) is 46.2 Å². The number of carbonyl (C=O) groups is 1. The summed E-state index contributed by atoms with van der Waals surface area (Å²) in [5.74, 6) is 0.517. The molecule has 0 saturated carbocycles. The van der Waals surface area contributed by atoms with E-state index in [1.807, 2.05) is 20.9 Å². The van der Waals surface area contributed by atoms with Crippen LogP contribution < -0.4 is 5.32 Å². The summed E-state index contributed by atoms with van der Waals surface area (Å²) in [5.41, 5.74) is 0. The number of aliphatic hydroxyl groups is 1. The molecule has 0 rings (SSSR count). The summed E-state index contributed by atoms with van der Waals surface area (Å²) < 4.78 is 0. The maximum Gasteiger partial charge on any atom is 0.236 e. The highest BCUT2D eigenvalue weighted by atomic mass is 16.3. The van der Waals surface area contributed by atoms with Crippen LogP contribution in [0.5, 0.6) is 0 Å². The van der Waals surface area contributed by atoms with E-state index in [1.54, 1.807) is 4.90 Å². The van der Waals surface area contributed by atoms with Gasteiger partial charge in [0, 0.05) is 25.7 Å². The molecule has 0 aromatic heterocycles.